The lowest BCUT2D eigenvalue weighted by atomic mass is 9.53. The van der Waals surface area contributed by atoms with Crippen LogP contribution in [0.4, 0.5) is 4.79 Å². The molecule has 0 radical (unpaired) electrons. The van der Waals surface area contributed by atoms with Crippen molar-refractivity contribution in [2.75, 3.05) is 13.1 Å². The van der Waals surface area contributed by atoms with Crippen molar-refractivity contribution < 1.29 is 9.59 Å². The first-order valence-corrected chi connectivity index (χ1v) is 12.5. The molecular weight excluding hydrogens is 362 g/mol. The summed E-state index contributed by atoms with van der Waals surface area (Å²) in [6.07, 6.45) is 16.6. The molecule has 3 amide bonds. The molecule has 1 aliphatic heterocycles. The van der Waals surface area contributed by atoms with Crippen molar-refractivity contribution in [1.82, 2.24) is 15.5 Å². The first-order valence-electron chi connectivity index (χ1n) is 12.5. The first-order chi connectivity index (χ1) is 14.1. The topological polar surface area (TPSA) is 61.4 Å². The zero-order valence-corrected chi connectivity index (χ0v) is 18.0. The van der Waals surface area contributed by atoms with E-state index in [1.807, 2.05) is 0 Å². The fourth-order valence-electron chi connectivity index (χ4n) is 8.07. The molecule has 5 heteroatoms. The third-order valence-corrected chi connectivity index (χ3v) is 8.83. The fraction of sp³-hybridized carbons (Fsp3) is 0.917. The molecule has 1 saturated heterocycles. The van der Waals surface area contributed by atoms with Gasteiger partial charge in [-0.3, -0.25) is 4.79 Å². The van der Waals surface area contributed by atoms with Gasteiger partial charge in [0.15, 0.2) is 0 Å². The van der Waals surface area contributed by atoms with Crippen molar-refractivity contribution in [3.05, 3.63) is 0 Å². The van der Waals surface area contributed by atoms with Crippen LogP contribution < -0.4 is 10.6 Å². The molecule has 0 aromatic rings. The number of hydrogen-bond acceptors (Lipinski definition) is 2. The van der Waals surface area contributed by atoms with Gasteiger partial charge >= 0.3 is 6.03 Å². The quantitative estimate of drug-likeness (QED) is 0.678. The summed E-state index contributed by atoms with van der Waals surface area (Å²) in [5.74, 6) is 3.57. The van der Waals surface area contributed by atoms with Crippen molar-refractivity contribution in [1.29, 1.82) is 0 Å². The molecule has 2 atom stereocenters. The summed E-state index contributed by atoms with van der Waals surface area (Å²) in [5, 5.41) is 6.42. The molecule has 0 aromatic heterocycles. The van der Waals surface area contributed by atoms with E-state index >= 15 is 0 Å². The van der Waals surface area contributed by atoms with Crippen molar-refractivity contribution in [2.45, 2.75) is 101 Å². The molecule has 5 aliphatic carbocycles. The molecule has 6 aliphatic rings. The number of nitrogens with one attached hydrogen (secondary N) is 2. The Balaban J connectivity index is 1.04. The van der Waals surface area contributed by atoms with Crippen LogP contribution in [0.25, 0.3) is 0 Å². The van der Waals surface area contributed by atoms with Gasteiger partial charge in [-0.2, -0.15) is 0 Å². The number of likely N-dealkylation sites (tertiary alicyclic amines) is 1. The van der Waals surface area contributed by atoms with Gasteiger partial charge in [0.05, 0.1) is 0 Å². The monoisotopic (exact) mass is 401 g/mol. The Kier molecular flexibility index (Phi) is 5.51. The second-order valence-corrected chi connectivity index (χ2v) is 11.0. The minimum absolute atomic E-state index is 0.00952. The van der Waals surface area contributed by atoms with E-state index in [1.54, 1.807) is 0 Å². The summed E-state index contributed by atoms with van der Waals surface area (Å²) >= 11 is 0. The number of rotatable bonds is 5. The van der Waals surface area contributed by atoms with Crippen molar-refractivity contribution >= 4 is 11.9 Å². The van der Waals surface area contributed by atoms with E-state index in [0.29, 0.717) is 24.9 Å². The Hall–Kier alpha value is -1.26. The highest BCUT2D eigenvalue weighted by Gasteiger charge is 2.51. The number of carbonyl (C=O) groups excluding carboxylic acids is 2. The lowest BCUT2D eigenvalue weighted by molar-refractivity contribution is -0.137. The average Bonchev–Trinajstić information content (AvgIpc) is 2.69. The van der Waals surface area contributed by atoms with Crippen molar-refractivity contribution in [3.8, 4) is 0 Å². The summed E-state index contributed by atoms with van der Waals surface area (Å²) in [4.78, 5) is 27.5. The normalized spacial score (nSPS) is 40.4. The Morgan fingerprint density at radius 3 is 2.28 bits per heavy atom. The number of fused-ring (bicyclic) bond motifs is 1. The summed E-state index contributed by atoms with van der Waals surface area (Å²) in [5.41, 5.74) is 0.0679. The van der Waals surface area contributed by atoms with Crippen molar-refractivity contribution in [2.24, 2.45) is 23.7 Å². The molecule has 162 valence electrons. The minimum Gasteiger partial charge on any atom is -0.339 e. The van der Waals surface area contributed by atoms with Gasteiger partial charge in [0.1, 0.15) is 0 Å². The summed E-state index contributed by atoms with van der Waals surface area (Å²) in [6, 6.07) is 0.488. The van der Waals surface area contributed by atoms with E-state index in [-0.39, 0.29) is 11.6 Å². The molecule has 5 saturated carbocycles. The second kappa shape index (κ2) is 8.11. The van der Waals surface area contributed by atoms with Gasteiger partial charge < -0.3 is 15.5 Å². The number of nitrogens with zero attached hydrogens (tertiary/aromatic N) is 1. The van der Waals surface area contributed by atoms with E-state index in [9.17, 15) is 9.59 Å². The smallest absolute Gasteiger partial charge is 0.315 e. The largest absolute Gasteiger partial charge is 0.339 e. The van der Waals surface area contributed by atoms with Gasteiger partial charge in [-0.1, -0.05) is 12.8 Å². The number of urea groups is 1. The first kappa shape index (κ1) is 19.7. The zero-order chi connectivity index (χ0) is 19.8. The Morgan fingerprint density at radius 2 is 1.55 bits per heavy atom. The van der Waals surface area contributed by atoms with E-state index in [1.165, 1.54) is 77.0 Å². The van der Waals surface area contributed by atoms with Gasteiger partial charge in [0.2, 0.25) is 5.91 Å². The van der Waals surface area contributed by atoms with Crippen LogP contribution in [0.5, 0.6) is 0 Å². The van der Waals surface area contributed by atoms with E-state index in [0.717, 1.165) is 36.6 Å². The van der Waals surface area contributed by atoms with Crippen LogP contribution >= 0.6 is 0 Å². The predicted molar refractivity (Wildman–Crippen MR) is 113 cm³/mol. The summed E-state index contributed by atoms with van der Waals surface area (Å²) in [7, 11) is 0. The highest BCUT2D eigenvalue weighted by Crippen LogP contribution is 2.55. The molecule has 6 fully saturated rings. The maximum Gasteiger partial charge on any atom is 0.315 e. The van der Waals surface area contributed by atoms with Crippen LogP contribution in [0.1, 0.15) is 89.9 Å². The highest BCUT2D eigenvalue weighted by atomic mass is 16.2. The number of amides is 3. The van der Waals surface area contributed by atoms with Gasteiger partial charge in [-0.05, 0) is 94.3 Å². The Morgan fingerprint density at radius 1 is 0.897 bits per heavy atom. The third-order valence-electron chi connectivity index (χ3n) is 8.83. The molecule has 5 nitrogen and oxygen atoms in total. The van der Waals surface area contributed by atoms with Crippen LogP contribution in [0, 0.1) is 23.7 Å². The van der Waals surface area contributed by atoms with Gasteiger partial charge in [0, 0.05) is 31.1 Å². The molecule has 2 N–H and O–H groups in total. The number of carbonyl (C=O) groups is 2. The van der Waals surface area contributed by atoms with Crippen LogP contribution in [0.2, 0.25) is 0 Å². The maximum absolute atomic E-state index is 12.8. The maximum atomic E-state index is 12.8. The SMILES string of the molecule is O=C(NCCCC(=O)N1CCCC2CCCCC21)NC12CC3CC(CC(C3)C1)C2. The van der Waals surface area contributed by atoms with Crippen LogP contribution in [0.3, 0.4) is 0 Å². The predicted octanol–water partition coefficient (Wildman–Crippen LogP) is 4.22. The number of piperidine rings is 1. The standard InChI is InChI=1S/C24H39N3O2/c28-22(27-10-4-6-20-5-1-2-7-21(20)27)8-3-9-25-23(29)26-24-14-17-11-18(15-24)13-19(12-17)16-24/h17-21H,1-16H2,(H2,25,26,29). The summed E-state index contributed by atoms with van der Waals surface area (Å²) < 4.78 is 0. The van der Waals surface area contributed by atoms with Crippen LogP contribution in [-0.4, -0.2) is 41.5 Å². The van der Waals surface area contributed by atoms with Gasteiger partial charge in [-0.25, -0.2) is 4.79 Å². The summed E-state index contributed by atoms with van der Waals surface area (Å²) in [6.45, 7) is 1.55. The molecule has 0 spiro atoms. The number of hydrogen-bond donors (Lipinski definition) is 2. The molecule has 6 rings (SSSR count). The highest BCUT2D eigenvalue weighted by molar-refractivity contribution is 5.77. The average molecular weight is 402 g/mol. The lowest BCUT2D eigenvalue weighted by Crippen LogP contribution is -2.61. The fourth-order valence-corrected chi connectivity index (χ4v) is 8.07. The molecule has 0 aromatic carbocycles. The van der Waals surface area contributed by atoms with Gasteiger partial charge in [0.25, 0.3) is 0 Å². The van der Waals surface area contributed by atoms with E-state index in [4.69, 9.17) is 0 Å². The van der Waals surface area contributed by atoms with Crippen LogP contribution in [-0.2, 0) is 4.79 Å². The molecule has 2 unspecified atom stereocenters. The van der Waals surface area contributed by atoms with E-state index in [2.05, 4.69) is 15.5 Å². The molecule has 29 heavy (non-hydrogen) atoms. The lowest BCUT2D eigenvalue weighted by Gasteiger charge is -2.56. The molecular formula is C24H39N3O2. The zero-order valence-electron chi connectivity index (χ0n) is 18.0. The van der Waals surface area contributed by atoms with E-state index < -0.39 is 0 Å². The van der Waals surface area contributed by atoms with Gasteiger partial charge in [-0.15, -0.1) is 0 Å². The van der Waals surface area contributed by atoms with Crippen molar-refractivity contribution in [3.63, 3.8) is 0 Å². The van der Waals surface area contributed by atoms with Crippen LogP contribution in [0.15, 0.2) is 0 Å². The minimum atomic E-state index is -0.00952. The molecule has 1 heterocycles. The Bertz CT molecular complexity index is 596. The third kappa shape index (κ3) is 4.16. The second-order valence-electron chi connectivity index (χ2n) is 11.0. The molecule has 4 bridgehead atoms. The Labute approximate surface area is 175 Å².